The smallest absolute Gasteiger partial charge is 0.337 e. The SMILES string of the molecule is C=CCOc1c(/C=c2/sc3n(c2=O)[C@@H](c2ccc(OCC)c(OCC)c2)C(C(=O)OC)=CN=3)cc(I)cc1OC. The Morgan fingerprint density at radius 2 is 1.85 bits per heavy atom. The maximum absolute atomic E-state index is 14.0. The fourth-order valence-electron chi connectivity index (χ4n) is 4.27. The number of hydrogen-bond acceptors (Lipinski definition) is 9. The molecule has 0 radical (unpaired) electrons. The molecule has 1 aliphatic heterocycles. The molecule has 0 aliphatic carbocycles. The van der Waals surface area contributed by atoms with Gasteiger partial charge in [-0.2, -0.15) is 0 Å². The lowest BCUT2D eigenvalue weighted by atomic mass is 9.97. The molecule has 1 aromatic heterocycles. The first kappa shape index (κ1) is 29.4. The van der Waals surface area contributed by atoms with Gasteiger partial charge in [0.1, 0.15) is 6.61 Å². The maximum Gasteiger partial charge on any atom is 0.337 e. The minimum atomic E-state index is -0.789. The highest BCUT2D eigenvalue weighted by molar-refractivity contribution is 14.1. The first-order chi connectivity index (χ1) is 19.4. The molecular weight excluding hydrogens is 647 g/mol. The van der Waals surface area contributed by atoms with Crippen molar-refractivity contribution in [3.63, 3.8) is 0 Å². The van der Waals surface area contributed by atoms with Gasteiger partial charge < -0.3 is 23.7 Å². The van der Waals surface area contributed by atoms with Gasteiger partial charge in [0.15, 0.2) is 27.8 Å². The maximum atomic E-state index is 14.0. The quantitative estimate of drug-likeness (QED) is 0.172. The highest BCUT2D eigenvalue weighted by Gasteiger charge is 2.31. The standard InChI is InChI=1S/C29H29IN2O7S/c1-6-11-39-26-18(12-19(30)15-23(26)35-4)14-24-27(33)32-25(20(28(34)36-5)16-31-29(32)40-24)17-9-10-21(37-7-2)22(13-17)38-8-3/h6,9-10,12-16,25H,1,7-8,11H2,2-5H3/b24-14+/t25-/m0/s1. The van der Waals surface area contributed by atoms with Crippen molar-refractivity contribution in [3.8, 4) is 23.0 Å². The summed E-state index contributed by atoms with van der Waals surface area (Å²) in [5.41, 5.74) is 1.22. The average Bonchev–Trinajstić information content (AvgIpc) is 3.27. The molecule has 3 aromatic rings. The van der Waals surface area contributed by atoms with Gasteiger partial charge in [0, 0.05) is 15.3 Å². The molecule has 0 amide bonds. The first-order valence-corrected chi connectivity index (χ1v) is 14.4. The van der Waals surface area contributed by atoms with Crippen LogP contribution in [-0.4, -0.2) is 44.6 Å². The number of nitrogens with zero attached hydrogens (tertiary/aromatic N) is 2. The van der Waals surface area contributed by atoms with Crippen molar-refractivity contribution in [2.45, 2.75) is 19.9 Å². The van der Waals surface area contributed by atoms with Gasteiger partial charge >= 0.3 is 5.97 Å². The molecule has 2 aromatic carbocycles. The minimum absolute atomic E-state index is 0.221. The molecule has 1 aliphatic rings. The van der Waals surface area contributed by atoms with E-state index in [0.717, 1.165) is 3.57 Å². The number of esters is 1. The summed E-state index contributed by atoms with van der Waals surface area (Å²) in [6.45, 7) is 8.62. The molecule has 9 nitrogen and oxygen atoms in total. The molecule has 4 rings (SSSR count). The van der Waals surface area contributed by atoms with Crippen molar-refractivity contribution in [1.29, 1.82) is 0 Å². The summed E-state index contributed by atoms with van der Waals surface area (Å²) in [6.07, 6.45) is 4.84. The number of benzene rings is 2. The summed E-state index contributed by atoms with van der Waals surface area (Å²) in [4.78, 5) is 31.7. The fourth-order valence-corrected chi connectivity index (χ4v) is 5.85. The van der Waals surface area contributed by atoms with Crippen LogP contribution in [0.15, 0.2) is 64.5 Å². The lowest BCUT2D eigenvalue weighted by Crippen LogP contribution is -2.39. The second-order valence-electron chi connectivity index (χ2n) is 8.37. The van der Waals surface area contributed by atoms with Gasteiger partial charge in [0.2, 0.25) is 0 Å². The minimum Gasteiger partial charge on any atom is -0.493 e. The van der Waals surface area contributed by atoms with E-state index in [1.54, 1.807) is 31.4 Å². The number of fused-ring (bicyclic) bond motifs is 1. The van der Waals surface area contributed by atoms with Gasteiger partial charge in [-0.1, -0.05) is 30.1 Å². The van der Waals surface area contributed by atoms with Gasteiger partial charge in [-0.05, 0) is 72.3 Å². The van der Waals surface area contributed by atoms with E-state index >= 15 is 0 Å². The lowest BCUT2D eigenvalue weighted by molar-refractivity contribution is -0.136. The van der Waals surface area contributed by atoms with E-state index in [9.17, 15) is 9.59 Å². The molecule has 210 valence electrons. The summed E-state index contributed by atoms with van der Waals surface area (Å²) >= 11 is 3.39. The van der Waals surface area contributed by atoms with E-state index in [2.05, 4.69) is 34.2 Å². The lowest BCUT2D eigenvalue weighted by Gasteiger charge is -2.23. The van der Waals surface area contributed by atoms with Gasteiger partial charge in [-0.25, -0.2) is 9.79 Å². The average molecular weight is 677 g/mol. The first-order valence-electron chi connectivity index (χ1n) is 12.5. The van der Waals surface area contributed by atoms with Crippen molar-refractivity contribution >= 4 is 46.0 Å². The Kier molecular flexibility index (Phi) is 9.69. The monoisotopic (exact) mass is 676 g/mol. The van der Waals surface area contributed by atoms with Crippen LogP contribution in [0.5, 0.6) is 23.0 Å². The normalized spacial score (nSPS) is 14.5. The van der Waals surface area contributed by atoms with Crippen LogP contribution in [-0.2, 0) is 9.53 Å². The van der Waals surface area contributed by atoms with Gasteiger partial charge in [0.25, 0.3) is 5.56 Å². The van der Waals surface area contributed by atoms with Crippen LogP contribution < -0.4 is 33.8 Å². The van der Waals surface area contributed by atoms with Crippen LogP contribution in [0.4, 0.5) is 0 Å². The van der Waals surface area contributed by atoms with Crippen molar-refractivity contribution in [2.24, 2.45) is 4.99 Å². The Hall–Kier alpha value is -3.58. The number of halogens is 1. The Bertz CT molecular complexity index is 1640. The molecule has 1 atom stereocenters. The Balaban J connectivity index is 1.93. The van der Waals surface area contributed by atoms with E-state index in [4.69, 9.17) is 23.7 Å². The van der Waals surface area contributed by atoms with Gasteiger partial charge in [-0.3, -0.25) is 9.36 Å². The van der Waals surface area contributed by atoms with Crippen LogP contribution in [0.2, 0.25) is 0 Å². The van der Waals surface area contributed by atoms with E-state index in [1.807, 2.05) is 32.0 Å². The van der Waals surface area contributed by atoms with Crippen LogP contribution in [0.1, 0.15) is 31.0 Å². The van der Waals surface area contributed by atoms with Crippen LogP contribution >= 0.6 is 33.9 Å². The molecule has 0 saturated carbocycles. The molecule has 0 bridgehead atoms. The molecule has 40 heavy (non-hydrogen) atoms. The largest absolute Gasteiger partial charge is 0.493 e. The second-order valence-corrected chi connectivity index (χ2v) is 10.6. The predicted molar refractivity (Wildman–Crippen MR) is 161 cm³/mol. The zero-order valence-corrected chi connectivity index (χ0v) is 25.5. The highest BCUT2D eigenvalue weighted by Crippen LogP contribution is 2.36. The Morgan fingerprint density at radius 3 is 2.52 bits per heavy atom. The predicted octanol–water partition coefficient (Wildman–Crippen LogP) is 3.99. The van der Waals surface area contributed by atoms with E-state index in [1.165, 1.54) is 29.2 Å². The van der Waals surface area contributed by atoms with Gasteiger partial charge in [0.05, 0.1) is 43.6 Å². The number of hydrogen-bond donors (Lipinski definition) is 0. The number of aromatic nitrogens is 1. The zero-order chi connectivity index (χ0) is 28.8. The van der Waals surface area contributed by atoms with Crippen molar-refractivity contribution < 1.29 is 28.5 Å². The number of ether oxygens (including phenoxy) is 5. The van der Waals surface area contributed by atoms with Crippen molar-refractivity contribution in [1.82, 2.24) is 4.57 Å². The molecule has 0 spiro atoms. The Morgan fingerprint density at radius 1 is 1.10 bits per heavy atom. The van der Waals surface area contributed by atoms with Gasteiger partial charge in [-0.15, -0.1) is 0 Å². The van der Waals surface area contributed by atoms with Crippen molar-refractivity contribution in [2.75, 3.05) is 34.0 Å². The summed E-state index contributed by atoms with van der Waals surface area (Å²) in [5.74, 6) is 1.53. The molecule has 0 saturated heterocycles. The third-order valence-electron chi connectivity index (χ3n) is 5.91. The number of methoxy groups -OCH3 is 2. The highest BCUT2D eigenvalue weighted by atomic mass is 127. The van der Waals surface area contributed by atoms with Crippen LogP contribution in [0.25, 0.3) is 6.08 Å². The van der Waals surface area contributed by atoms with Crippen molar-refractivity contribution in [3.05, 3.63) is 89.1 Å². The van der Waals surface area contributed by atoms with E-state index in [-0.39, 0.29) is 17.7 Å². The number of thiazole rings is 1. The number of carbonyl (C=O) groups is 1. The molecule has 2 heterocycles. The van der Waals surface area contributed by atoms with E-state index in [0.29, 0.717) is 56.7 Å². The summed E-state index contributed by atoms with van der Waals surface area (Å²) in [5, 5.41) is 0. The third-order valence-corrected chi connectivity index (χ3v) is 7.53. The summed E-state index contributed by atoms with van der Waals surface area (Å²) in [7, 11) is 2.86. The molecule has 0 N–H and O–H groups in total. The second kappa shape index (κ2) is 13.2. The zero-order valence-electron chi connectivity index (χ0n) is 22.6. The molecule has 0 fully saturated rings. The third kappa shape index (κ3) is 5.94. The molecule has 0 unspecified atom stereocenters. The number of carbonyl (C=O) groups excluding carboxylic acids is 1. The van der Waals surface area contributed by atoms with E-state index < -0.39 is 12.0 Å². The summed E-state index contributed by atoms with van der Waals surface area (Å²) < 4.78 is 30.8. The number of rotatable bonds is 11. The molecular formula is C29H29IN2O7S. The Labute approximate surface area is 249 Å². The topological polar surface area (TPSA) is 97.6 Å². The fraction of sp³-hybridized carbons (Fsp3) is 0.276. The van der Waals surface area contributed by atoms with Crippen LogP contribution in [0, 0.1) is 3.57 Å². The molecule has 11 heteroatoms. The van der Waals surface area contributed by atoms with Crippen LogP contribution in [0.3, 0.4) is 0 Å². The summed E-state index contributed by atoms with van der Waals surface area (Å²) in [6, 6.07) is 8.33.